The number of hydrogen-bond donors (Lipinski definition) is 1. The number of aromatic amines is 1. The molecule has 0 aliphatic heterocycles. The van der Waals surface area contributed by atoms with Gasteiger partial charge in [-0.2, -0.15) is 0 Å². The van der Waals surface area contributed by atoms with Crippen molar-refractivity contribution in [3.63, 3.8) is 0 Å². The summed E-state index contributed by atoms with van der Waals surface area (Å²) in [6.45, 7) is 1.68. The lowest BCUT2D eigenvalue weighted by Gasteiger charge is -2.11. The van der Waals surface area contributed by atoms with Gasteiger partial charge in [-0.05, 0) is 43.4 Å². The van der Waals surface area contributed by atoms with Gasteiger partial charge in [0.1, 0.15) is 5.82 Å². The number of halogens is 1. The summed E-state index contributed by atoms with van der Waals surface area (Å²) in [5.74, 6) is 0.174. The molecule has 1 heterocycles. The van der Waals surface area contributed by atoms with Crippen LogP contribution < -0.4 is 5.43 Å². The number of pyridine rings is 1. The van der Waals surface area contributed by atoms with Gasteiger partial charge in [0.25, 0.3) is 0 Å². The standard InChI is InChI=1S/C15H16FNO/c1-9-6-11-14(7-12(9)16)17-13(8-15(11)18)10-4-2-3-5-10/h6-8,10H,2-5H2,1H3,(H,17,18). The molecule has 0 spiro atoms. The first-order chi connectivity index (χ1) is 8.65. The monoisotopic (exact) mass is 245 g/mol. The van der Waals surface area contributed by atoms with E-state index >= 15 is 0 Å². The topological polar surface area (TPSA) is 32.9 Å². The van der Waals surface area contributed by atoms with E-state index in [1.807, 2.05) is 0 Å². The van der Waals surface area contributed by atoms with Crippen molar-refractivity contribution < 1.29 is 4.39 Å². The molecule has 3 heteroatoms. The van der Waals surface area contributed by atoms with Gasteiger partial charge in [-0.15, -0.1) is 0 Å². The average Bonchev–Trinajstić information content (AvgIpc) is 2.85. The number of nitrogens with one attached hydrogen (secondary N) is 1. The lowest BCUT2D eigenvalue weighted by atomic mass is 10.0. The summed E-state index contributed by atoms with van der Waals surface area (Å²) >= 11 is 0. The van der Waals surface area contributed by atoms with E-state index in [-0.39, 0.29) is 11.2 Å². The second-order valence-electron chi connectivity index (χ2n) is 5.22. The summed E-state index contributed by atoms with van der Waals surface area (Å²) in [5.41, 5.74) is 2.09. The maximum absolute atomic E-state index is 13.6. The first-order valence-electron chi connectivity index (χ1n) is 6.48. The molecule has 18 heavy (non-hydrogen) atoms. The quantitative estimate of drug-likeness (QED) is 0.817. The third-order valence-electron chi connectivity index (χ3n) is 3.92. The van der Waals surface area contributed by atoms with Crippen LogP contribution in [0.15, 0.2) is 23.0 Å². The van der Waals surface area contributed by atoms with Crippen LogP contribution in [0.4, 0.5) is 4.39 Å². The summed E-state index contributed by atoms with van der Waals surface area (Å²) in [7, 11) is 0. The number of aryl methyl sites for hydroxylation is 1. The van der Waals surface area contributed by atoms with E-state index in [1.54, 1.807) is 19.1 Å². The molecule has 1 saturated carbocycles. The second-order valence-corrected chi connectivity index (χ2v) is 5.22. The molecule has 0 atom stereocenters. The Hall–Kier alpha value is -1.64. The molecule has 2 nitrogen and oxygen atoms in total. The molecule has 1 aromatic heterocycles. The lowest BCUT2D eigenvalue weighted by molar-refractivity contribution is 0.620. The Morgan fingerprint density at radius 1 is 1.22 bits per heavy atom. The smallest absolute Gasteiger partial charge is 0.189 e. The maximum atomic E-state index is 13.6. The molecule has 3 rings (SSSR count). The third kappa shape index (κ3) is 1.84. The molecule has 0 saturated heterocycles. The van der Waals surface area contributed by atoms with Crippen molar-refractivity contribution >= 4 is 10.9 Å². The fraction of sp³-hybridized carbons (Fsp3) is 0.400. The second kappa shape index (κ2) is 4.23. The van der Waals surface area contributed by atoms with Gasteiger partial charge >= 0.3 is 0 Å². The van der Waals surface area contributed by atoms with Crippen molar-refractivity contribution in [2.75, 3.05) is 0 Å². The highest BCUT2D eigenvalue weighted by Gasteiger charge is 2.18. The van der Waals surface area contributed by atoms with Gasteiger partial charge in [-0.3, -0.25) is 4.79 Å². The van der Waals surface area contributed by atoms with Crippen LogP contribution in [-0.2, 0) is 0 Å². The molecule has 1 aliphatic carbocycles. The van der Waals surface area contributed by atoms with Crippen LogP contribution in [0, 0.1) is 12.7 Å². The fourth-order valence-electron chi connectivity index (χ4n) is 2.86. The largest absolute Gasteiger partial charge is 0.358 e. The number of hydrogen-bond acceptors (Lipinski definition) is 1. The summed E-state index contributed by atoms with van der Waals surface area (Å²) in [4.78, 5) is 15.3. The molecule has 1 aliphatic rings. The van der Waals surface area contributed by atoms with Gasteiger partial charge in [0.15, 0.2) is 5.43 Å². The first-order valence-corrected chi connectivity index (χ1v) is 6.48. The zero-order valence-corrected chi connectivity index (χ0v) is 10.4. The predicted molar refractivity (Wildman–Crippen MR) is 70.5 cm³/mol. The van der Waals surface area contributed by atoms with E-state index in [0.717, 1.165) is 18.5 Å². The van der Waals surface area contributed by atoms with Crippen LogP contribution in [-0.4, -0.2) is 4.98 Å². The number of H-pyrrole nitrogens is 1. The predicted octanol–water partition coefficient (Wildman–Crippen LogP) is 3.63. The minimum Gasteiger partial charge on any atom is -0.358 e. The molecule has 0 radical (unpaired) electrons. The Kier molecular flexibility index (Phi) is 2.69. The molecule has 0 amide bonds. The van der Waals surface area contributed by atoms with Crippen LogP contribution in [0.1, 0.15) is 42.9 Å². The van der Waals surface area contributed by atoms with Crippen LogP contribution >= 0.6 is 0 Å². The zero-order valence-electron chi connectivity index (χ0n) is 10.4. The van der Waals surface area contributed by atoms with Crippen LogP contribution in [0.5, 0.6) is 0 Å². The summed E-state index contributed by atoms with van der Waals surface area (Å²) in [6.07, 6.45) is 4.67. The summed E-state index contributed by atoms with van der Waals surface area (Å²) < 4.78 is 13.6. The highest BCUT2D eigenvalue weighted by atomic mass is 19.1. The Morgan fingerprint density at radius 3 is 2.67 bits per heavy atom. The van der Waals surface area contributed by atoms with Gasteiger partial charge in [-0.25, -0.2) is 4.39 Å². The molecule has 0 bridgehead atoms. The van der Waals surface area contributed by atoms with Crippen LogP contribution in [0.2, 0.25) is 0 Å². The van der Waals surface area contributed by atoms with Gasteiger partial charge in [-0.1, -0.05) is 12.8 Å². The maximum Gasteiger partial charge on any atom is 0.189 e. The van der Waals surface area contributed by atoms with Crippen molar-refractivity contribution in [2.24, 2.45) is 0 Å². The van der Waals surface area contributed by atoms with Crippen molar-refractivity contribution in [3.05, 3.63) is 45.5 Å². The number of benzene rings is 1. The Labute approximate surface area is 105 Å². The van der Waals surface area contributed by atoms with Crippen molar-refractivity contribution in [1.82, 2.24) is 4.98 Å². The lowest BCUT2D eigenvalue weighted by Crippen LogP contribution is -2.08. The third-order valence-corrected chi connectivity index (χ3v) is 3.92. The molecular formula is C15H16FNO. The van der Waals surface area contributed by atoms with E-state index < -0.39 is 0 Å². The van der Waals surface area contributed by atoms with Crippen molar-refractivity contribution in [1.29, 1.82) is 0 Å². The molecule has 0 unspecified atom stereocenters. The van der Waals surface area contributed by atoms with Gasteiger partial charge in [0, 0.05) is 17.1 Å². The zero-order chi connectivity index (χ0) is 12.7. The summed E-state index contributed by atoms with van der Waals surface area (Å²) in [6, 6.07) is 4.75. The molecular weight excluding hydrogens is 229 g/mol. The van der Waals surface area contributed by atoms with E-state index in [0.29, 0.717) is 22.4 Å². The Balaban J connectivity index is 2.20. The Morgan fingerprint density at radius 2 is 1.94 bits per heavy atom. The van der Waals surface area contributed by atoms with Crippen molar-refractivity contribution in [3.8, 4) is 0 Å². The van der Waals surface area contributed by atoms with E-state index in [4.69, 9.17) is 0 Å². The fourth-order valence-corrected chi connectivity index (χ4v) is 2.86. The molecule has 1 aromatic carbocycles. The average molecular weight is 245 g/mol. The first kappa shape index (κ1) is 11.5. The normalized spacial score (nSPS) is 16.6. The molecule has 1 N–H and O–H groups in total. The van der Waals surface area contributed by atoms with Crippen LogP contribution in [0.3, 0.4) is 0 Å². The number of fused-ring (bicyclic) bond motifs is 1. The Bertz CT molecular complexity index is 653. The van der Waals surface area contributed by atoms with E-state index in [2.05, 4.69) is 4.98 Å². The van der Waals surface area contributed by atoms with Gasteiger partial charge in [0.05, 0.1) is 5.52 Å². The molecule has 1 fully saturated rings. The molecule has 94 valence electrons. The van der Waals surface area contributed by atoms with Crippen molar-refractivity contribution in [2.45, 2.75) is 38.5 Å². The van der Waals surface area contributed by atoms with E-state index in [1.165, 1.54) is 18.9 Å². The van der Waals surface area contributed by atoms with E-state index in [9.17, 15) is 9.18 Å². The van der Waals surface area contributed by atoms with Crippen LogP contribution in [0.25, 0.3) is 10.9 Å². The summed E-state index contributed by atoms with van der Waals surface area (Å²) in [5, 5.41) is 0.579. The number of aromatic nitrogens is 1. The van der Waals surface area contributed by atoms with Gasteiger partial charge in [0.2, 0.25) is 0 Å². The highest BCUT2D eigenvalue weighted by Crippen LogP contribution is 2.33. The molecule has 2 aromatic rings. The highest BCUT2D eigenvalue weighted by molar-refractivity contribution is 5.79. The number of rotatable bonds is 1. The van der Waals surface area contributed by atoms with Gasteiger partial charge < -0.3 is 4.98 Å². The minimum absolute atomic E-state index is 0.00579. The minimum atomic E-state index is -0.262. The SMILES string of the molecule is Cc1cc2c(=O)cc(C3CCCC3)[nH]c2cc1F.